The zero-order valence-electron chi connectivity index (χ0n) is 18.7. The maximum Gasteiger partial charge on any atom is 0.238 e. The minimum absolute atomic E-state index is 0.136. The highest BCUT2D eigenvalue weighted by atomic mass is 16.5. The van der Waals surface area contributed by atoms with E-state index in [1.54, 1.807) is 19.2 Å². The molecular weight excluding hydrogens is 380 g/mol. The molecule has 0 saturated heterocycles. The fourth-order valence-corrected chi connectivity index (χ4v) is 4.75. The van der Waals surface area contributed by atoms with Crippen molar-refractivity contribution in [3.8, 4) is 5.75 Å². The Morgan fingerprint density at radius 2 is 2.13 bits per heavy atom. The van der Waals surface area contributed by atoms with Gasteiger partial charge in [0.1, 0.15) is 5.75 Å². The second kappa shape index (κ2) is 9.94. The van der Waals surface area contributed by atoms with E-state index in [9.17, 15) is 9.90 Å². The average Bonchev–Trinajstić information content (AvgIpc) is 2.73. The Labute approximate surface area is 180 Å². The van der Waals surface area contributed by atoms with E-state index in [-0.39, 0.29) is 19.1 Å². The molecule has 3 atom stereocenters. The zero-order chi connectivity index (χ0) is 21.7. The highest BCUT2D eigenvalue weighted by molar-refractivity contribution is 5.93. The summed E-state index contributed by atoms with van der Waals surface area (Å²) >= 11 is 0. The Morgan fingerprint density at radius 1 is 1.37 bits per heavy atom. The third-order valence-electron chi connectivity index (χ3n) is 6.83. The highest BCUT2D eigenvalue weighted by Gasteiger charge is 2.50. The van der Waals surface area contributed by atoms with Crippen LogP contribution in [0.15, 0.2) is 35.9 Å². The number of aliphatic hydroxyl groups is 1. The summed E-state index contributed by atoms with van der Waals surface area (Å²) in [5.74, 6) is 1.93. The minimum Gasteiger partial charge on any atom is -0.495 e. The maximum atomic E-state index is 12.4. The number of hydrogen-bond donors (Lipinski definition) is 2. The zero-order valence-corrected chi connectivity index (χ0v) is 18.7. The maximum absolute atomic E-state index is 12.4. The number of fused-ring (bicyclic) bond motifs is 1. The van der Waals surface area contributed by atoms with Crippen LogP contribution in [0.3, 0.4) is 0 Å². The number of likely N-dealkylation sites (N-methyl/N-ethyl adjacent to an activating group) is 1. The summed E-state index contributed by atoms with van der Waals surface area (Å²) in [5, 5.41) is 13.3. The predicted octanol–water partition coefficient (Wildman–Crippen LogP) is 3.33. The van der Waals surface area contributed by atoms with Crippen LogP contribution in [0.5, 0.6) is 5.75 Å². The fourth-order valence-electron chi connectivity index (χ4n) is 4.75. The standard InChI is InChI=1S/C24H36N2O4/c1-5-26(14-23(28)25-21-8-6-7-9-22(21)29-4)13-19(27)16-30-15-17-10-11-18-12-20(17)24(18,2)3/h6-10,18-20,27H,5,11-16H2,1-4H3,(H,25,28). The number of anilines is 1. The van der Waals surface area contributed by atoms with Gasteiger partial charge in [0.05, 0.1) is 38.7 Å². The Kier molecular flexibility index (Phi) is 7.55. The first-order valence-corrected chi connectivity index (χ1v) is 10.9. The van der Waals surface area contributed by atoms with Gasteiger partial charge in [0, 0.05) is 6.54 Å². The molecule has 3 unspecified atom stereocenters. The monoisotopic (exact) mass is 416 g/mol. The first-order valence-electron chi connectivity index (χ1n) is 10.9. The molecule has 4 rings (SSSR count). The number of nitrogens with one attached hydrogen (secondary N) is 1. The molecule has 1 saturated carbocycles. The van der Waals surface area contributed by atoms with Crippen LogP contribution < -0.4 is 10.1 Å². The molecule has 0 spiro atoms. The number of amides is 1. The van der Waals surface area contributed by atoms with Gasteiger partial charge < -0.3 is 19.9 Å². The summed E-state index contributed by atoms with van der Waals surface area (Å²) in [5.41, 5.74) is 2.42. The van der Waals surface area contributed by atoms with Gasteiger partial charge in [-0.2, -0.15) is 0 Å². The lowest BCUT2D eigenvalue weighted by atomic mass is 9.49. The lowest BCUT2D eigenvalue weighted by Gasteiger charge is -2.56. The number of rotatable bonds is 11. The summed E-state index contributed by atoms with van der Waals surface area (Å²) in [6.07, 6.45) is 4.12. The van der Waals surface area contributed by atoms with Gasteiger partial charge in [-0.25, -0.2) is 0 Å². The number of carbonyl (C=O) groups excluding carboxylic acids is 1. The molecule has 30 heavy (non-hydrogen) atoms. The van der Waals surface area contributed by atoms with Crippen LogP contribution >= 0.6 is 0 Å². The second-order valence-electron chi connectivity index (χ2n) is 9.07. The number of carbonyl (C=O) groups is 1. The van der Waals surface area contributed by atoms with Crippen molar-refractivity contribution in [1.29, 1.82) is 0 Å². The molecular formula is C24H36N2O4. The van der Waals surface area contributed by atoms with Gasteiger partial charge in [-0.15, -0.1) is 0 Å². The minimum atomic E-state index is -0.629. The Morgan fingerprint density at radius 3 is 2.80 bits per heavy atom. The van der Waals surface area contributed by atoms with E-state index in [0.717, 1.165) is 12.3 Å². The van der Waals surface area contributed by atoms with E-state index in [1.165, 1.54) is 12.0 Å². The number of benzene rings is 1. The fraction of sp³-hybridized carbons (Fsp3) is 0.625. The lowest BCUT2D eigenvalue weighted by molar-refractivity contribution is -0.117. The van der Waals surface area contributed by atoms with Gasteiger partial charge >= 0.3 is 0 Å². The van der Waals surface area contributed by atoms with E-state index < -0.39 is 6.10 Å². The first-order chi connectivity index (χ1) is 14.3. The molecule has 2 N–H and O–H groups in total. The average molecular weight is 417 g/mol. The number of nitrogens with zero attached hydrogens (tertiary/aromatic N) is 1. The Hall–Kier alpha value is -1.89. The summed E-state index contributed by atoms with van der Waals surface area (Å²) < 4.78 is 11.1. The third-order valence-corrected chi connectivity index (χ3v) is 6.83. The largest absolute Gasteiger partial charge is 0.495 e. The molecule has 1 fully saturated rings. The van der Waals surface area contributed by atoms with Crippen LogP contribution in [0.2, 0.25) is 0 Å². The van der Waals surface area contributed by atoms with Gasteiger partial charge in [-0.05, 0) is 54.3 Å². The molecule has 3 aliphatic carbocycles. The van der Waals surface area contributed by atoms with Crippen LogP contribution in [0.4, 0.5) is 5.69 Å². The van der Waals surface area contributed by atoms with Gasteiger partial charge in [0.2, 0.25) is 5.91 Å². The van der Waals surface area contributed by atoms with Gasteiger partial charge in [-0.1, -0.05) is 39.0 Å². The van der Waals surface area contributed by atoms with E-state index in [2.05, 4.69) is 25.2 Å². The van der Waals surface area contributed by atoms with Crippen molar-refractivity contribution in [3.05, 3.63) is 35.9 Å². The third kappa shape index (κ3) is 5.23. The van der Waals surface area contributed by atoms with Crippen molar-refractivity contribution in [3.63, 3.8) is 0 Å². The molecule has 6 nitrogen and oxygen atoms in total. The van der Waals surface area contributed by atoms with Crippen molar-refractivity contribution in [2.24, 2.45) is 17.3 Å². The molecule has 0 aliphatic heterocycles. The molecule has 0 radical (unpaired) electrons. The summed E-state index contributed by atoms with van der Waals surface area (Å²) in [6.45, 7) is 8.81. The van der Waals surface area contributed by atoms with Crippen LogP contribution in [0, 0.1) is 17.3 Å². The molecule has 2 bridgehead atoms. The van der Waals surface area contributed by atoms with Crippen molar-refractivity contribution < 1.29 is 19.4 Å². The van der Waals surface area contributed by atoms with Crippen molar-refractivity contribution in [1.82, 2.24) is 4.90 Å². The van der Waals surface area contributed by atoms with Crippen LogP contribution in [0.25, 0.3) is 0 Å². The number of hydrogen-bond acceptors (Lipinski definition) is 5. The number of ether oxygens (including phenoxy) is 2. The second-order valence-corrected chi connectivity index (χ2v) is 9.07. The molecule has 1 aromatic rings. The number of aliphatic hydroxyl groups excluding tert-OH is 1. The first kappa shape index (κ1) is 22.8. The van der Waals surface area contributed by atoms with Crippen LogP contribution in [-0.4, -0.2) is 62.0 Å². The highest BCUT2D eigenvalue weighted by Crippen LogP contribution is 2.59. The van der Waals surface area contributed by atoms with Crippen molar-refractivity contribution in [2.45, 2.75) is 39.7 Å². The van der Waals surface area contributed by atoms with E-state index in [0.29, 0.717) is 42.5 Å². The molecule has 6 heteroatoms. The number of methoxy groups -OCH3 is 1. The van der Waals surface area contributed by atoms with E-state index in [4.69, 9.17) is 9.47 Å². The summed E-state index contributed by atoms with van der Waals surface area (Å²) in [6, 6.07) is 7.32. The van der Waals surface area contributed by atoms with E-state index in [1.807, 2.05) is 24.0 Å². The quantitative estimate of drug-likeness (QED) is 0.542. The summed E-state index contributed by atoms with van der Waals surface area (Å²) in [7, 11) is 1.58. The molecule has 0 aromatic heterocycles. The molecule has 3 aliphatic rings. The van der Waals surface area contributed by atoms with E-state index >= 15 is 0 Å². The smallest absolute Gasteiger partial charge is 0.238 e. The van der Waals surface area contributed by atoms with Crippen LogP contribution in [-0.2, 0) is 9.53 Å². The SMILES string of the molecule is CCN(CC(=O)Nc1ccccc1OC)CC(O)COCC1=CCC2CC1C2(C)C. The topological polar surface area (TPSA) is 71.0 Å². The van der Waals surface area contributed by atoms with Crippen molar-refractivity contribution >= 4 is 11.6 Å². The molecule has 0 heterocycles. The van der Waals surface area contributed by atoms with Gasteiger partial charge in [0.25, 0.3) is 0 Å². The number of allylic oxidation sites excluding steroid dienone is 1. The summed E-state index contributed by atoms with van der Waals surface area (Å²) in [4.78, 5) is 14.3. The predicted molar refractivity (Wildman–Crippen MR) is 119 cm³/mol. The van der Waals surface area contributed by atoms with Gasteiger partial charge in [-0.3, -0.25) is 9.69 Å². The molecule has 1 amide bonds. The van der Waals surface area contributed by atoms with Crippen LogP contribution in [0.1, 0.15) is 33.6 Å². The van der Waals surface area contributed by atoms with Gasteiger partial charge in [0.15, 0.2) is 0 Å². The normalized spacial score (nSPS) is 22.8. The van der Waals surface area contributed by atoms with Crippen molar-refractivity contribution in [2.75, 3.05) is 45.3 Å². The Bertz CT molecular complexity index is 761. The number of para-hydroxylation sites is 2. The lowest BCUT2D eigenvalue weighted by Crippen LogP contribution is -2.48. The Balaban J connectivity index is 1.40. The molecule has 166 valence electrons. The molecule has 1 aromatic carbocycles.